The quantitative estimate of drug-likeness (QED) is 0.521. The summed E-state index contributed by atoms with van der Waals surface area (Å²) in [5.74, 6) is 0.0255. The second kappa shape index (κ2) is 9.20. The van der Waals surface area contributed by atoms with Crippen LogP contribution in [-0.4, -0.2) is 62.5 Å². The van der Waals surface area contributed by atoms with E-state index in [1.165, 1.54) is 0 Å². The Kier molecular flexibility index (Phi) is 12.2. The van der Waals surface area contributed by atoms with Crippen molar-refractivity contribution in [3.8, 4) is 0 Å². The fourth-order valence-corrected chi connectivity index (χ4v) is 0.829. The van der Waals surface area contributed by atoms with Gasteiger partial charge in [0, 0.05) is 6.42 Å². The van der Waals surface area contributed by atoms with E-state index in [2.05, 4.69) is 13.8 Å². The predicted molar refractivity (Wildman–Crippen MR) is 48.1 cm³/mol. The van der Waals surface area contributed by atoms with Crippen molar-refractivity contribution in [2.24, 2.45) is 5.92 Å². The van der Waals surface area contributed by atoms with Gasteiger partial charge in [-0.05, 0) is 12.3 Å². The van der Waals surface area contributed by atoms with Crippen LogP contribution >= 0.6 is 0 Å². The molecule has 0 saturated heterocycles. The Labute approximate surface area is 111 Å². The van der Waals surface area contributed by atoms with Crippen LogP contribution in [0.25, 0.3) is 0 Å². The summed E-state index contributed by atoms with van der Waals surface area (Å²) in [6.45, 7) is 4.31. The SMILES string of the molecule is CC(C)CCCCC(=O)O.[KH]. The molecule has 0 spiro atoms. The van der Waals surface area contributed by atoms with Gasteiger partial charge in [0.05, 0.1) is 0 Å². The molecule has 0 aliphatic carbocycles. The zero-order chi connectivity index (χ0) is 7.98. The third kappa shape index (κ3) is 14.0. The van der Waals surface area contributed by atoms with Crippen LogP contribution in [0, 0.1) is 5.92 Å². The van der Waals surface area contributed by atoms with Crippen molar-refractivity contribution < 1.29 is 9.90 Å². The molecule has 0 heterocycles. The van der Waals surface area contributed by atoms with Gasteiger partial charge in [0.1, 0.15) is 0 Å². The first-order chi connectivity index (χ1) is 4.63. The van der Waals surface area contributed by atoms with Crippen molar-refractivity contribution in [3.05, 3.63) is 0 Å². The number of carboxylic acid groups (broad SMARTS) is 1. The topological polar surface area (TPSA) is 37.3 Å². The number of carbonyl (C=O) groups is 1. The molecule has 0 atom stereocenters. The van der Waals surface area contributed by atoms with Crippen LogP contribution in [0.3, 0.4) is 0 Å². The molecule has 0 fully saturated rings. The van der Waals surface area contributed by atoms with Crippen molar-refractivity contribution >= 4 is 57.4 Å². The molecule has 0 aromatic carbocycles. The van der Waals surface area contributed by atoms with Gasteiger partial charge < -0.3 is 5.11 Å². The Morgan fingerprint density at radius 1 is 1.36 bits per heavy atom. The number of hydrogen-bond acceptors (Lipinski definition) is 1. The normalized spacial score (nSPS) is 9.36. The molecular formula is C8H17KO2. The van der Waals surface area contributed by atoms with Crippen molar-refractivity contribution in [3.63, 3.8) is 0 Å². The molecule has 0 bridgehead atoms. The molecule has 1 N–H and O–H groups in total. The van der Waals surface area contributed by atoms with Gasteiger partial charge in [0.25, 0.3) is 0 Å². The van der Waals surface area contributed by atoms with E-state index in [-0.39, 0.29) is 51.4 Å². The second-order valence-electron chi connectivity index (χ2n) is 3.03. The van der Waals surface area contributed by atoms with E-state index >= 15 is 0 Å². The monoisotopic (exact) mass is 184 g/mol. The van der Waals surface area contributed by atoms with E-state index < -0.39 is 5.97 Å². The van der Waals surface area contributed by atoms with E-state index in [4.69, 9.17) is 5.11 Å². The fraction of sp³-hybridized carbons (Fsp3) is 0.875. The predicted octanol–water partition coefficient (Wildman–Crippen LogP) is 1.64. The minimum atomic E-state index is -0.677. The van der Waals surface area contributed by atoms with Crippen molar-refractivity contribution in [1.29, 1.82) is 0 Å². The third-order valence-corrected chi connectivity index (χ3v) is 1.42. The number of hydrogen-bond donors (Lipinski definition) is 1. The second-order valence-corrected chi connectivity index (χ2v) is 3.03. The van der Waals surface area contributed by atoms with Crippen LogP contribution in [0.2, 0.25) is 0 Å². The van der Waals surface area contributed by atoms with Gasteiger partial charge in [-0.3, -0.25) is 4.79 Å². The summed E-state index contributed by atoms with van der Waals surface area (Å²) in [6, 6.07) is 0. The summed E-state index contributed by atoms with van der Waals surface area (Å²) in [7, 11) is 0. The Morgan fingerprint density at radius 3 is 2.27 bits per heavy atom. The maximum absolute atomic E-state index is 10.0. The number of rotatable bonds is 5. The molecule has 0 radical (unpaired) electrons. The van der Waals surface area contributed by atoms with Crippen LogP contribution in [-0.2, 0) is 4.79 Å². The average Bonchev–Trinajstić information content (AvgIpc) is 1.79. The van der Waals surface area contributed by atoms with Crippen molar-refractivity contribution in [1.82, 2.24) is 0 Å². The van der Waals surface area contributed by atoms with Crippen LogP contribution in [0.5, 0.6) is 0 Å². The Balaban J connectivity index is 0. The van der Waals surface area contributed by atoms with E-state index in [0.29, 0.717) is 12.3 Å². The van der Waals surface area contributed by atoms with Gasteiger partial charge in [-0.25, -0.2) is 0 Å². The fourth-order valence-electron chi connectivity index (χ4n) is 0.829. The molecule has 0 saturated carbocycles. The number of carboxylic acids is 1. The summed E-state index contributed by atoms with van der Waals surface area (Å²) >= 11 is 0. The van der Waals surface area contributed by atoms with E-state index in [0.717, 1.165) is 19.3 Å². The minimum absolute atomic E-state index is 0. The molecule has 0 amide bonds. The molecule has 2 nitrogen and oxygen atoms in total. The van der Waals surface area contributed by atoms with Crippen LogP contribution in [0.15, 0.2) is 0 Å². The summed E-state index contributed by atoms with van der Waals surface area (Å²) in [4.78, 5) is 10.0. The molecule has 0 aliphatic rings. The van der Waals surface area contributed by atoms with E-state index in [9.17, 15) is 4.79 Å². The van der Waals surface area contributed by atoms with Crippen molar-refractivity contribution in [2.45, 2.75) is 39.5 Å². The molecule has 0 aromatic heterocycles. The number of unbranched alkanes of at least 4 members (excludes halogenated alkanes) is 1. The first kappa shape index (κ1) is 14.6. The summed E-state index contributed by atoms with van der Waals surface area (Å²) in [6.07, 6.45) is 3.34. The molecule has 62 valence electrons. The Hall–Kier alpha value is 1.11. The Bertz CT molecular complexity index is 102. The van der Waals surface area contributed by atoms with Crippen molar-refractivity contribution in [2.75, 3.05) is 0 Å². The molecular weight excluding hydrogens is 167 g/mol. The molecule has 0 rings (SSSR count). The van der Waals surface area contributed by atoms with Crippen LogP contribution in [0.1, 0.15) is 39.5 Å². The van der Waals surface area contributed by atoms with E-state index in [1.807, 2.05) is 0 Å². The molecule has 0 aromatic rings. The van der Waals surface area contributed by atoms with Crippen LogP contribution in [0.4, 0.5) is 0 Å². The van der Waals surface area contributed by atoms with Gasteiger partial charge in [-0.2, -0.15) is 0 Å². The molecule has 3 heteroatoms. The Morgan fingerprint density at radius 2 is 1.91 bits per heavy atom. The summed E-state index contributed by atoms with van der Waals surface area (Å²) < 4.78 is 0. The standard InChI is InChI=1S/C8H16O2.K.H/c1-7(2)5-3-4-6-8(9)10;;/h7H,3-6H2,1-2H3,(H,9,10);;. The molecule has 0 aliphatic heterocycles. The van der Waals surface area contributed by atoms with Gasteiger partial charge in [0.2, 0.25) is 0 Å². The first-order valence-corrected chi connectivity index (χ1v) is 3.84. The van der Waals surface area contributed by atoms with Gasteiger partial charge in [-0.1, -0.05) is 26.7 Å². The van der Waals surface area contributed by atoms with Gasteiger partial charge >= 0.3 is 57.4 Å². The third-order valence-electron chi connectivity index (χ3n) is 1.42. The maximum atomic E-state index is 10.0. The average molecular weight is 184 g/mol. The van der Waals surface area contributed by atoms with Gasteiger partial charge in [-0.15, -0.1) is 0 Å². The molecule has 11 heavy (non-hydrogen) atoms. The summed E-state index contributed by atoms with van der Waals surface area (Å²) in [5.41, 5.74) is 0. The van der Waals surface area contributed by atoms with E-state index in [1.54, 1.807) is 0 Å². The zero-order valence-electron chi connectivity index (χ0n) is 6.76. The van der Waals surface area contributed by atoms with Gasteiger partial charge in [0.15, 0.2) is 0 Å². The van der Waals surface area contributed by atoms with Crippen LogP contribution < -0.4 is 0 Å². The zero-order valence-corrected chi connectivity index (χ0v) is 6.76. The first-order valence-electron chi connectivity index (χ1n) is 3.84. The summed E-state index contributed by atoms with van der Waals surface area (Å²) in [5, 5.41) is 8.28. The number of aliphatic carboxylic acids is 1. The molecule has 0 unspecified atom stereocenters.